The van der Waals surface area contributed by atoms with Gasteiger partial charge in [0, 0.05) is 17.7 Å². The molecule has 0 radical (unpaired) electrons. The zero-order valence-electron chi connectivity index (χ0n) is 14.2. The standard InChI is InChI=1S/C18H22N2O3/c1-11-15(12(2)23-20-11)10-19-17(22)16(21)13-6-8-14(9-7-13)18(3,4)5/h6-9H,10H2,1-5H3,(H,19,22). The van der Waals surface area contributed by atoms with Crippen LogP contribution in [0.5, 0.6) is 0 Å². The Labute approximate surface area is 136 Å². The highest BCUT2D eigenvalue weighted by Crippen LogP contribution is 2.22. The third-order valence-corrected chi connectivity index (χ3v) is 3.83. The minimum Gasteiger partial charge on any atom is -0.361 e. The average molecular weight is 314 g/mol. The van der Waals surface area contributed by atoms with Crippen molar-refractivity contribution < 1.29 is 14.1 Å². The summed E-state index contributed by atoms with van der Waals surface area (Å²) in [5, 5.41) is 6.44. The lowest BCUT2D eigenvalue weighted by atomic mass is 9.86. The van der Waals surface area contributed by atoms with Crippen molar-refractivity contribution in [2.75, 3.05) is 0 Å². The fourth-order valence-corrected chi connectivity index (χ4v) is 2.26. The predicted octanol–water partition coefficient (Wildman–Crippen LogP) is 3.09. The van der Waals surface area contributed by atoms with E-state index in [1.54, 1.807) is 26.0 Å². The van der Waals surface area contributed by atoms with Crippen LogP contribution < -0.4 is 5.32 Å². The summed E-state index contributed by atoms with van der Waals surface area (Å²) in [5.41, 5.74) is 3.02. The fourth-order valence-electron chi connectivity index (χ4n) is 2.26. The van der Waals surface area contributed by atoms with Crippen molar-refractivity contribution >= 4 is 11.7 Å². The Balaban J connectivity index is 2.04. The summed E-state index contributed by atoms with van der Waals surface area (Å²) in [6.07, 6.45) is 0. The van der Waals surface area contributed by atoms with Crippen molar-refractivity contribution in [1.82, 2.24) is 10.5 Å². The Bertz CT molecular complexity index is 702. The molecule has 0 saturated heterocycles. The van der Waals surface area contributed by atoms with E-state index in [9.17, 15) is 9.59 Å². The van der Waals surface area contributed by atoms with Gasteiger partial charge in [-0.3, -0.25) is 9.59 Å². The largest absolute Gasteiger partial charge is 0.361 e. The number of hydrogen-bond acceptors (Lipinski definition) is 4. The van der Waals surface area contributed by atoms with Gasteiger partial charge < -0.3 is 9.84 Å². The minimum atomic E-state index is -0.631. The molecule has 0 aliphatic heterocycles. The van der Waals surface area contributed by atoms with Gasteiger partial charge in [-0.05, 0) is 24.8 Å². The molecule has 1 N–H and O–H groups in total. The maximum absolute atomic E-state index is 12.2. The molecule has 0 fully saturated rings. The quantitative estimate of drug-likeness (QED) is 0.695. The first-order valence-corrected chi connectivity index (χ1v) is 7.55. The molecule has 23 heavy (non-hydrogen) atoms. The lowest BCUT2D eigenvalue weighted by molar-refractivity contribution is -0.117. The van der Waals surface area contributed by atoms with Crippen LogP contribution in [0.2, 0.25) is 0 Å². The third kappa shape index (κ3) is 3.86. The normalized spacial score (nSPS) is 11.3. The molecule has 1 aromatic heterocycles. The second-order valence-corrected chi connectivity index (χ2v) is 6.64. The number of carbonyl (C=O) groups is 2. The van der Waals surface area contributed by atoms with E-state index in [1.807, 2.05) is 12.1 Å². The van der Waals surface area contributed by atoms with Crippen molar-refractivity contribution in [2.45, 2.75) is 46.6 Å². The van der Waals surface area contributed by atoms with Crippen LogP contribution >= 0.6 is 0 Å². The van der Waals surface area contributed by atoms with Crippen LogP contribution in [0.15, 0.2) is 28.8 Å². The Kier molecular flexibility index (Phi) is 4.68. The van der Waals surface area contributed by atoms with Crippen molar-refractivity contribution in [2.24, 2.45) is 0 Å². The van der Waals surface area contributed by atoms with E-state index in [2.05, 4.69) is 31.2 Å². The van der Waals surface area contributed by atoms with Crippen LogP contribution in [0, 0.1) is 13.8 Å². The molecule has 5 nitrogen and oxygen atoms in total. The van der Waals surface area contributed by atoms with E-state index in [0.29, 0.717) is 17.0 Å². The van der Waals surface area contributed by atoms with Crippen LogP contribution in [0.3, 0.4) is 0 Å². The monoisotopic (exact) mass is 314 g/mol. The lowest BCUT2D eigenvalue weighted by Gasteiger charge is -2.18. The van der Waals surface area contributed by atoms with Crippen LogP contribution in [0.4, 0.5) is 0 Å². The Morgan fingerprint density at radius 1 is 1.13 bits per heavy atom. The SMILES string of the molecule is Cc1noc(C)c1CNC(=O)C(=O)c1ccc(C(C)(C)C)cc1. The van der Waals surface area contributed by atoms with Gasteiger partial charge in [0.05, 0.1) is 5.69 Å². The first-order chi connectivity index (χ1) is 10.7. The van der Waals surface area contributed by atoms with Crippen molar-refractivity contribution in [3.8, 4) is 0 Å². The Morgan fingerprint density at radius 3 is 2.22 bits per heavy atom. The molecule has 1 amide bonds. The minimum absolute atomic E-state index is 0.00712. The van der Waals surface area contributed by atoms with E-state index in [4.69, 9.17) is 4.52 Å². The molecule has 1 aromatic carbocycles. The number of hydrogen-bond donors (Lipinski definition) is 1. The first-order valence-electron chi connectivity index (χ1n) is 7.55. The number of aromatic nitrogens is 1. The van der Waals surface area contributed by atoms with Gasteiger partial charge in [-0.25, -0.2) is 0 Å². The van der Waals surface area contributed by atoms with Gasteiger partial charge in [-0.2, -0.15) is 0 Å². The average Bonchev–Trinajstić information content (AvgIpc) is 2.82. The molecule has 2 rings (SSSR count). The molecule has 0 aliphatic carbocycles. The summed E-state index contributed by atoms with van der Waals surface area (Å²) in [6, 6.07) is 7.15. The molecule has 0 atom stereocenters. The lowest BCUT2D eigenvalue weighted by Crippen LogP contribution is -2.31. The zero-order chi connectivity index (χ0) is 17.2. The highest BCUT2D eigenvalue weighted by molar-refractivity contribution is 6.42. The molecule has 0 unspecified atom stereocenters. The van der Waals surface area contributed by atoms with Gasteiger partial charge in [0.1, 0.15) is 5.76 Å². The number of nitrogens with one attached hydrogen (secondary N) is 1. The zero-order valence-corrected chi connectivity index (χ0v) is 14.2. The van der Waals surface area contributed by atoms with Crippen molar-refractivity contribution in [3.05, 3.63) is 52.4 Å². The topological polar surface area (TPSA) is 72.2 Å². The van der Waals surface area contributed by atoms with Gasteiger partial charge in [0.15, 0.2) is 0 Å². The number of ketones is 1. The van der Waals surface area contributed by atoms with E-state index in [0.717, 1.165) is 11.1 Å². The number of benzene rings is 1. The van der Waals surface area contributed by atoms with Gasteiger partial charge in [0.2, 0.25) is 5.78 Å². The highest BCUT2D eigenvalue weighted by Gasteiger charge is 2.19. The van der Waals surface area contributed by atoms with Crippen LogP contribution in [0.25, 0.3) is 0 Å². The maximum Gasteiger partial charge on any atom is 0.292 e. The molecular formula is C18H22N2O3. The summed E-state index contributed by atoms with van der Waals surface area (Å²) in [5.74, 6) is -0.532. The van der Waals surface area contributed by atoms with Crippen LogP contribution in [-0.2, 0) is 16.8 Å². The number of rotatable bonds is 4. The number of carbonyl (C=O) groups excluding carboxylic acids is 2. The molecule has 0 saturated carbocycles. The van der Waals surface area contributed by atoms with E-state index >= 15 is 0 Å². The van der Waals surface area contributed by atoms with E-state index in [-0.39, 0.29) is 12.0 Å². The Morgan fingerprint density at radius 2 is 1.74 bits per heavy atom. The summed E-state index contributed by atoms with van der Waals surface area (Å²) < 4.78 is 5.03. The van der Waals surface area contributed by atoms with Gasteiger partial charge in [-0.1, -0.05) is 50.2 Å². The third-order valence-electron chi connectivity index (χ3n) is 3.83. The molecule has 122 valence electrons. The number of nitrogens with zero attached hydrogens (tertiary/aromatic N) is 1. The van der Waals surface area contributed by atoms with Crippen molar-refractivity contribution in [1.29, 1.82) is 0 Å². The summed E-state index contributed by atoms with van der Waals surface area (Å²) in [7, 11) is 0. The fraction of sp³-hybridized carbons (Fsp3) is 0.389. The Hall–Kier alpha value is -2.43. The smallest absolute Gasteiger partial charge is 0.292 e. The second-order valence-electron chi connectivity index (χ2n) is 6.64. The molecule has 5 heteroatoms. The summed E-state index contributed by atoms with van der Waals surface area (Å²) in [6.45, 7) is 10.1. The van der Waals surface area contributed by atoms with Crippen molar-refractivity contribution in [3.63, 3.8) is 0 Å². The first kappa shape index (κ1) is 16.9. The van der Waals surface area contributed by atoms with Gasteiger partial charge in [0.25, 0.3) is 5.91 Å². The summed E-state index contributed by atoms with van der Waals surface area (Å²) in [4.78, 5) is 24.2. The number of Topliss-reactive ketones (excluding diaryl/α,β-unsaturated/α-hetero) is 1. The second kappa shape index (κ2) is 6.36. The number of aryl methyl sites for hydroxylation is 2. The molecule has 0 bridgehead atoms. The van der Waals surface area contributed by atoms with Gasteiger partial charge >= 0.3 is 0 Å². The van der Waals surface area contributed by atoms with E-state index in [1.165, 1.54) is 0 Å². The highest BCUT2D eigenvalue weighted by atomic mass is 16.5. The molecule has 0 aliphatic rings. The maximum atomic E-state index is 12.2. The molecule has 1 heterocycles. The molecular weight excluding hydrogens is 292 g/mol. The van der Waals surface area contributed by atoms with Crippen LogP contribution in [0.1, 0.15) is 53.7 Å². The van der Waals surface area contributed by atoms with Gasteiger partial charge in [-0.15, -0.1) is 0 Å². The molecule has 0 spiro atoms. The molecule has 2 aromatic rings. The van der Waals surface area contributed by atoms with Crippen LogP contribution in [-0.4, -0.2) is 16.8 Å². The summed E-state index contributed by atoms with van der Waals surface area (Å²) >= 11 is 0. The number of amides is 1. The van der Waals surface area contributed by atoms with E-state index < -0.39 is 11.7 Å². The predicted molar refractivity (Wildman–Crippen MR) is 87.3 cm³/mol.